The molecule has 1 heterocycles. The van der Waals surface area contributed by atoms with Crippen molar-refractivity contribution in [1.82, 2.24) is 9.97 Å². The lowest BCUT2D eigenvalue weighted by Crippen LogP contribution is -2.19. The molecule has 0 bridgehead atoms. The number of carbonyl (C=O) groups is 1. The molecular weight excluding hydrogens is 521 g/mol. The highest BCUT2D eigenvalue weighted by Gasteiger charge is 2.11. The molecule has 0 unspecified atom stereocenters. The molecule has 0 radical (unpaired) electrons. The molecule has 0 aliphatic carbocycles. The first-order valence-corrected chi connectivity index (χ1v) is 10.7. The Kier molecular flexibility index (Phi) is 6.55. The molecule has 0 atom stereocenters. The van der Waals surface area contributed by atoms with Crippen molar-refractivity contribution in [3.63, 3.8) is 0 Å². The van der Waals surface area contributed by atoms with E-state index in [1.54, 1.807) is 20.3 Å². The van der Waals surface area contributed by atoms with Gasteiger partial charge < -0.3 is 25.4 Å². The Balaban J connectivity index is 1.47. The smallest absolute Gasteiger partial charge is 0.323 e. The topological polar surface area (TPSA) is 97.4 Å². The van der Waals surface area contributed by atoms with E-state index in [1.165, 1.54) is 6.33 Å². The number of rotatable bonds is 6. The highest BCUT2D eigenvalue weighted by Crippen LogP contribution is 2.34. The summed E-state index contributed by atoms with van der Waals surface area (Å²) in [5, 5.41) is 9.70. The average molecular weight is 541 g/mol. The molecule has 0 aliphatic heterocycles. The maximum atomic E-state index is 12.2. The molecule has 0 saturated carbocycles. The summed E-state index contributed by atoms with van der Waals surface area (Å²) in [5.41, 5.74) is 2.93. The van der Waals surface area contributed by atoms with Gasteiger partial charge in [-0.3, -0.25) is 0 Å². The highest BCUT2D eigenvalue weighted by atomic mass is 127. The van der Waals surface area contributed by atoms with Gasteiger partial charge in [0, 0.05) is 32.1 Å². The Hall–Kier alpha value is -3.60. The molecule has 0 saturated heterocycles. The van der Waals surface area contributed by atoms with Gasteiger partial charge in [-0.2, -0.15) is 0 Å². The summed E-state index contributed by atoms with van der Waals surface area (Å²) in [4.78, 5) is 20.9. The van der Waals surface area contributed by atoms with Gasteiger partial charge in [0.1, 0.15) is 12.1 Å². The Bertz CT molecular complexity index is 1250. The number of amides is 2. The summed E-state index contributed by atoms with van der Waals surface area (Å²) in [5.74, 6) is 1.83. The van der Waals surface area contributed by atoms with Crippen molar-refractivity contribution >= 4 is 62.4 Å². The molecular formula is C23H20IN5O3. The van der Waals surface area contributed by atoms with Crippen molar-refractivity contribution in [2.45, 2.75) is 0 Å². The summed E-state index contributed by atoms with van der Waals surface area (Å²) in [6.45, 7) is 0. The summed E-state index contributed by atoms with van der Waals surface area (Å²) >= 11 is 2.22. The minimum absolute atomic E-state index is 0.310. The van der Waals surface area contributed by atoms with Crippen molar-refractivity contribution in [3.05, 3.63) is 70.6 Å². The van der Waals surface area contributed by atoms with E-state index in [0.29, 0.717) is 23.0 Å². The third kappa shape index (κ3) is 4.99. The predicted octanol–water partition coefficient (Wildman–Crippen LogP) is 5.64. The molecule has 0 fully saturated rings. The van der Waals surface area contributed by atoms with E-state index in [1.807, 2.05) is 54.6 Å². The van der Waals surface area contributed by atoms with Crippen LogP contribution in [0.4, 0.5) is 27.7 Å². The van der Waals surface area contributed by atoms with Crippen LogP contribution >= 0.6 is 22.6 Å². The predicted molar refractivity (Wildman–Crippen MR) is 134 cm³/mol. The second-order valence-corrected chi connectivity index (χ2v) is 7.98. The van der Waals surface area contributed by atoms with E-state index < -0.39 is 0 Å². The average Bonchev–Trinajstić information content (AvgIpc) is 2.81. The molecule has 2 amide bonds. The fraction of sp³-hybridized carbons (Fsp3) is 0.0870. The fourth-order valence-electron chi connectivity index (χ4n) is 3.08. The molecule has 3 aromatic carbocycles. The first kappa shape index (κ1) is 21.6. The van der Waals surface area contributed by atoms with E-state index in [-0.39, 0.29) is 6.03 Å². The van der Waals surface area contributed by atoms with Gasteiger partial charge >= 0.3 is 6.03 Å². The minimum Gasteiger partial charge on any atom is -0.493 e. The number of halogens is 1. The lowest BCUT2D eigenvalue weighted by atomic mass is 10.2. The van der Waals surface area contributed by atoms with Gasteiger partial charge in [0.25, 0.3) is 0 Å². The van der Waals surface area contributed by atoms with Crippen molar-refractivity contribution in [3.8, 4) is 11.5 Å². The Labute approximate surface area is 198 Å². The summed E-state index contributed by atoms with van der Waals surface area (Å²) in [6.07, 6.45) is 1.49. The summed E-state index contributed by atoms with van der Waals surface area (Å²) in [7, 11) is 3.17. The zero-order valence-corrected chi connectivity index (χ0v) is 19.5. The monoisotopic (exact) mass is 541 g/mol. The van der Waals surface area contributed by atoms with Gasteiger partial charge in [-0.25, -0.2) is 14.8 Å². The van der Waals surface area contributed by atoms with E-state index >= 15 is 0 Å². The number of urea groups is 1. The van der Waals surface area contributed by atoms with Gasteiger partial charge in [-0.05, 0) is 77.2 Å². The SMILES string of the molecule is COc1cc2ncnc(Nc3ccc(NC(=O)Nc4ccc(I)cc4)cc3)c2cc1OC. The molecule has 1 aromatic heterocycles. The lowest BCUT2D eigenvalue weighted by Gasteiger charge is -2.12. The molecule has 4 rings (SSSR count). The second-order valence-electron chi connectivity index (χ2n) is 6.73. The van der Waals surface area contributed by atoms with Crippen LogP contribution in [0, 0.1) is 3.57 Å². The molecule has 8 nitrogen and oxygen atoms in total. The van der Waals surface area contributed by atoms with Gasteiger partial charge in [0.2, 0.25) is 0 Å². The number of carbonyl (C=O) groups excluding carboxylic acids is 1. The number of hydrogen-bond acceptors (Lipinski definition) is 6. The van der Waals surface area contributed by atoms with Crippen molar-refractivity contribution in [2.75, 3.05) is 30.2 Å². The van der Waals surface area contributed by atoms with Crippen molar-refractivity contribution < 1.29 is 14.3 Å². The summed E-state index contributed by atoms with van der Waals surface area (Å²) < 4.78 is 11.8. The number of nitrogens with one attached hydrogen (secondary N) is 3. The van der Waals surface area contributed by atoms with Crippen LogP contribution in [-0.2, 0) is 0 Å². The third-order valence-corrected chi connectivity index (χ3v) is 5.37. The van der Waals surface area contributed by atoms with Gasteiger partial charge in [0.05, 0.1) is 19.7 Å². The fourth-order valence-corrected chi connectivity index (χ4v) is 3.44. The van der Waals surface area contributed by atoms with Crippen LogP contribution < -0.4 is 25.4 Å². The third-order valence-electron chi connectivity index (χ3n) is 4.65. The van der Waals surface area contributed by atoms with Crippen LogP contribution in [0.1, 0.15) is 0 Å². The zero-order chi connectivity index (χ0) is 22.5. The van der Waals surface area contributed by atoms with E-state index in [9.17, 15) is 4.79 Å². The quantitative estimate of drug-likeness (QED) is 0.274. The molecule has 32 heavy (non-hydrogen) atoms. The van der Waals surface area contributed by atoms with Gasteiger partial charge in [0.15, 0.2) is 11.5 Å². The first-order valence-electron chi connectivity index (χ1n) is 9.63. The van der Waals surface area contributed by atoms with E-state index in [4.69, 9.17) is 9.47 Å². The van der Waals surface area contributed by atoms with E-state index in [2.05, 4.69) is 48.5 Å². The lowest BCUT2D eigenvalue weighted by molar-refractivity contribution is 0.262. The molecule has 162 valence electrons. The van der Waals surface area contributed by atoms with Crippen LogP contribution in [-0.4, -0.2) is 30.2 Å². The largest absolute Gasteiger partial charge is 0.493 e. The molecule has 0 spiro atoms. The van der Waals surface area contributed by atoms with Crippen LogP contribution in [0.25, 0.3) is 10.9 Å². The van der Waals surface area contributed by atoms with Crippen LogP contribution in [0.15, 0.2) is 67.0 Å². The molecule has 0 aliphatic rings. The zero-order valence-electron chi connectivity index (χ0n) is 17.3. The van der Waals surface area contributed by atoms with Crippen LogP contribution in [0.2, 0.25) is 0 Å². The van der Waals surface area contributed by atoms with Gasteiger partial charge in [-0.1, -0.05) is 0 Å². The Morgan fingerprint density at radius 2 is 1.38 bits per heavy atom. The Morgan fingerprint density at radius 3 is 2.00 bits per heavy atom. The number of anilines is 4. The second kappa shape index (κ2) is 9.69. The number of fused-ring (bicyclic) bond motifs is 1. The maximum Gasteiger partial charge on any atom is 0.323 e. The number of benzene rings is 3. The van der Waals surface area contributed by atoms with Crippen molar-refractivity contribution in [2.24, 2.45) is 0 Å². The number of nitrogens with zero attached hydrogens (tertiary/aromatic N) is 2. The summed E-state index contributed by atoms with van der Waals surface area (Å²) in [6, 6.07) is 18.2. The number of ether oxygens (including phenoxy) is 2. The van der Waals surface area contributed by atoms with Crippen molar-refractivity contribution in [1.29, 1.82) is 0 Å². The molecule has 4 aromatic rings. The van der Waals surface area contributed by atoms with Crippen LogP contribution in [0.5, 0.6) is 11.5 Å². The minimum atomic E-state index is -0.310. The normalized spacial score (nSPS) is 10.5. The Morgan fingerprint density at radius 1 is 0.812 bits per heavy atom. The maximum absolute atomic E-state index is 12.2. The standard InChI is InChI=1S/C23H20IN5O3/c1-31-20-11-18-19(12-21(20)32-2)25-13-26-22(18)27-15-7-9-17(10-8-15)29-23(30)28-16-5-3-14(24)4-6-16/h3-13H,1-2H3,(H,25,26,27)(H2,28,29,30). The van der Waals surface area contributed by atoms with Crippen LogP contribution in [0.3, 0.4) is 0 Å². The van der Waals surface area contributed by atoms with E-state index in [0.717, 1.165) is 25.8 Å². The molecule has 3 N–H and O–H groups in total. The van der Waals surface area contributed by atoms with Gasteiger partial charge in [-0.15, -0.1) is 0 Å². The number of hydrogen-bond donors (Lipinski definition) is 3. The molecule has 9 heteroatoms. The number of aromatic nitrogens is 2. The number of methoxy groups -OCH3 is 2. The first-order chi connectivity index (χ1) is 15.6. The highest BCUT2D eigenvalue weighted by molar-refractivity contribution is 14.1.